The molecule has 0 unspecified atom stereocenters. The molecule has 0 atom stereocenters. The number of hydrogen-bond acceptors (Lipinski definition) is 5. The predicted octanol–water partition coefficient (Wildman–Crippen LogP) is 1.81. The van der Waals surface area contributed by atoms with Gasteiger partial charge in [-0.25, -0.2) is 9.78 Å². The van der Waals surface area contributed by atoms with E-state index in [1.54, 1.807) is 24.0 Å². The second kappa shape index (κ2) is 7.47. The first-order valence-corrected chi connectivity index (χ1v) is 6.54. The summed E-state index contributed by atoms with van der Waals surface area (Å²) >= 11 is 0. The van der Waals surface area contributed by atoms with Crippen molar-refractivity contribution in [2.75, 3.05) is 24.6 Å². The third-order valence-corrected chi connectivity index (χ3v) is 2.49. The molecule has 1 aromatic rings. The van der Waals surface area contributed by atoms with E-state index in [0.29, 0.717) is 30.5 Å². The zero-order valence-electron chi connectivity index (χ0n) is 12.0. The van der Waals surface area contributed by atoms with Crippen LogP contribution in [0.5, 0.6) is 0 Å². The van der Waals surface area contributed by atoms with Crippen LogP contribution in [0.15, 0.2) is 18.3 Å². The summed E-state index contributed by atoms with van der Waals surface area (Å²) in [6.45, 7) is 6.50. The van der Waals surface area contributed by atoms with Crippen LogP contribution in [-0.4, -0.2) is 41.7 Å². The molecule has 0 aromatic carbocycles. The largest absolute Gasteiger partial charge is 0.480 e. The van der Waals surface area contributed by atoms with E-state index < -0.39 is 11.9 Å². The zero-order chi connectivity index (χ0) is 15.1. The summed E-state index contributed by atoms with van der Waals surface area (Å²) in [5, 5.41) is 8.93. The Hall–Kier alpha value is -2.11. The van der Waals surface area contributed by atoms with E-state index >= 15 is 0 Å². The molecule has 1 heterocycles. The lowest BCUT2D eigenvalue weighted by atomic mass is 10.2. The van der Waals surface area contributed by atoms with E-state index in [-0.39, 0.29) is 6.54 Å². The maximum Gasteiger partial charge on any atom is 0.339 e. The Labute approximate surface area is 118 Å². The van der Waals surface area contributed by atoms with Crippen LogP contribution >= 0.6 is 0 Å². The molecule has 0 fully saturated rings. The Bertz CT molecular complexity index is 457. The van der Waals surface area contributed by atoms with Gasteiger partial charge in [0.15, 0.2) is 0 Å². The summed E-state index contributed by atoms with van der Waals surface area (Å²) in [7, 11) is 0. The van der Waals surface area contributed by atoms with Gasteiger partial charge in [0.2, 0.25) is 0 Å². The summed E-state index contributed by atoms with van der Waals surface area (Å²) in [5.41, 5.74) is 0.357. The highest BCUT2D eigenvalue weighted by Crippen LogP contribution is 2.14. The van der Waals surface area contributed by atoms with Crippen LogP contribution in [-0.2, 0) is 9.53 Å². The lowest BCUT2D eigenvalue weighted by molar-refractivity contribution is -0.135. The normalized spacial score (nSPS) is 10.4. The van der Waals surface area contributed by atoms with E-state index in [9.17, 15) is 9.59 Å². The number of ether oxygens (including phenoxy) is 1. The first-order chi connectivity index (χ1) is 9.43. The van der Waals surface area contributed by atoms with E-state index in [4.69, 9.17) is 9.84 Å². The molecule has 1 aromatic heterocycles. The average molecular weight is 280 g/mol. The molecule has 110 valence electrons. The van der Waals surface area contributed by atoms with Gasteiger partial charge in [-0.05, 0) is 25.0 Å². The van der Waals surface area contributed by atoms with Gasteiger partial charge >= 0.3 is 11.9 Å². The molecule has 0 bridgehead atoms. The fourth-order valence-electron chi connectivity index (χ4n) is 1.75. The number of nitrogens with zero attached hydrogens (tertiary/aromatic N) is 2. The molecule has 0 aliphatic rings. The minimum Gasteiger partial charge on any atom is -0.480 e. The Morgan fingerprint density at radius 3 is 2.55 bits per heavy atom. The van der Waals surface area contributed by atoms with Crippen LogP contribution in [0.2, 0.25) is 0 Å². The number of carbonyl (C=O) groups is 2. The number of rotatable bonds is 7. The number of aromatic nitrogens is 1. The molecule has 6 nitrogen and oxygen atoms in total. The smallest absolute Gasteiger partial charge is 0.339 e. The Morgan fingerprint density at radius 2 is 2.10 bits per heavy atom. The molecule has 0 saturated heterocycles. The van der Waals surface area contributed by atoms with Crippen molar-refractivity contribution in [1.29, 1.82) is 0 Å². The standard InChI is InChI=1S/C14H20N2O4/c1-4-20-14(19)11-5-6-12(15-7-11)16(8-10(2)3)9-13(17)18/h5-7,10H,4,8-9H2,1-3H3,(H,17,18). The van der Waals surface area contributed by atoms with Gasteiger partial charge in [-0.15, -0.1) is 0 Å². The monoisotopic (exact) mass is 280 g/mol. The number of carboxylic acid groups (broad SMARTS) is 1. The first kappa shape index (κ1) is 15.9. The van der Waals surface area contributed by atoms with Gasteiger partial charge in [-0.1, -0.05) is 13.8 Å². The van der Waals surface area contributed by atoms with Crippen molar-refractivity contribution in [3.8, 4) is 0 Å². The summed E-state index contributed by atoms with van der Waals surface area (Å²) in [5.74, 6) is -0.503. The maximum absolute atomic E-state index is 11.5. The molecule has 1 rings (SSSR count). The minimum atomic E-state index is -0.915. The predicted molar refractivity (Wildman–Crippen MR) is 74.9 cm³/mol. The fraction of sp³-hybridized carbons (Fsp3) is 0.500. The molecule has 20 heavy (non-hydrogen) atoms. The maximum atomic E-state index is 11.5. The van der Waals surface area contributed by atoms with Crippen molar-refractivity contribution in [2.24, 2.45) is 5.92 Å². The van der Waals surface area contributed by atoms with Crippen LogP contribution in [0.4, 0.5) is 5.82 Å². The topological polar surface area (TPSA) is 79.7 Å². The third-order valence-electron chi connectivity index (χ3n) is 2.49. The van der Waals surface area contributed by atoms with Crippen LogP contribution in [0.1, 0.15) is 31.1 Å². The van der Waals surface area contributed by atoms with Crippen LogP contribution < -0.4 is 4.90 Å². The molecular formula is C14H20N2O4. The SMILES string of the molecule is CCOC(=O)c1ccc(N(CC(=O)O)CC(C)C)nc1. The van der Waals surface area contributed by atoms with Gasteiger partial charge < -0.3 is 14.7 Å². The van der Waals surface area contributed by atoms with E-state index in [0.717, 1.165) is 0 Å². The van der Waals surface area contributed by atoms with Crippen molar-refractivity contribution < 1.29 is 19.4 Å². The van der Waals surface area contributed by atoms with Crippen molar-refractivity contribution in [1.82, 2.24) is 4.98 Å². The van der Waals surface area contributed by atoms with Gasteiger partial charge in [0.25, 0.3) is 0 Å². The summed E-state index contributed by atoms with van der Waals surface area (Å²) in [6.07, 6.45) is 1.41. The lowest BCUT2D eigenvalue weighted by Crippen LogP contribution is -2.33. The Morgan fingerprint density at radius 1 is 1.40 bits per heavy atom. The molecule has 0 amide bonds. The number of carbonyl (C=O) groups excluding carboxylic acids is 1. The molecule has 6 heteroatoms. The van der Waals surface area contributed by atoms with Crippen LogP contribution in [0.3, 0.4) is 0 Å². The second-order valence-electron chi connectivity index (χ2n) is 4.79. The number of esters is 1. The first-order valence-electron chi connectivity index (χ1n) is 6.54. The number of pyridine rings is 1. The fourth-order valence-corrected chi connectivity index (χ4v) is 1.75. The van der Waals surface area contributed by atoms with Crippen LogP contribution in [0.25, 0.3) is 0 Å². The second-order valence-corrected chi connectivity index (χ2v) is 4.79. The molecule has 0 radical (unpaired) electrons. The van der Waals surface area contributed by atoms with E-state index in [1.165, 1.54) is 6.20 Å². The summed E-state index contributed by atoms with van der Waals surface area (Å²) in [4.78, 5) is 28.2. The molecule has 1 N–H and O–H groups in total. The average Bonchev–Trinajstić information content (AvgIpc) is 2.37. The molecular weight excluding hydrogens is 260 g/mol. The van der Waals surface area contributed by atoms with Crippen LogP contribution in [0, 0.1) is 5.92 Å². The highest BCUT2D eigenvalue weighted by molar-refractivity contribution is 5.89. The van der Waals surface area contributed by atoms with Crippen molar-refractivity contribution in [3.63, 3.8) is 0 Å². The van der Waals surface area contributed by atoms with E-state index in [1.807, 2.05) is 13.8 Å². The van der Waals surface area contributed by atoms with Crippen molar-refractivity contribution in [3.05, 3.63) is 23.9 Å². The zero-order valence-corrected chi connectivity index (χ0v) is 12.0. The highest BCUT2D eigenvalue weighted by Gasteiger charge is 2.14. The van der Waals surface area contributed by atoms with Crippen molar-refractivity contribution in [2.45, 2.75) is 20.8 Å². The summed E-state index contributed by atoms with van der Waals surface area (Å²) in [6, 6.07) is 3.23. The Kier molecular flexibility index (Phi) is 5.96. The van der Waals surface area contributed by atoms with Gasteiger partial charge in [-0.2, -0.15) is 0 Å². The van der Waals surface area contributed by atoms with Crippen molar-refractivity contribution >= 4 is 17.8 Å². The number of carboxylic acids is 1. The lowest BCUT2D eigenvalue weighted by Gasteiger charge is -2.23. The number of anilines is 1. The minimum absolute atomic E-state index is 0.121. The molecule has 0 spiro atoms. The molecule has 0 saturated carbocycles. The quantitative estimate of drug-likeness (QED) is 0.767. The van der Waals surface area contributed by atoms with E-state index in [2.05, 4.69) is 4.98 Å². The number of aliphatic carboxylic acids is 1. The molecule has 0 aliphatic heterocycles. The Balaban J connectivity index is 2.86. The van der Waals surface area contributed by atoms with Gasteiger partial charge in [0.1, 0.15) is 12.4 Å². The molecule has 0 aliphatic carbocycles. The van der Waals surface area contributed by atoms with Gasteiger partial charge in [-0.3, -0.25) is 4.79 Å². The number of hydrogen-bond donors (Lipinski definition) is 1. The summed E-state index contributed by atoms with van der Waals surface area (Å²) < 4.78 is 4.87. The highest BCUT2D eigenvalue weighted by atomic mass is 16.5. The van der Waals surface area contributed by atoms with Gasteiger partial charge in [0, 0.05) is 12.7 Å². The third kappa shape index (κ3) is 4.87. The van der Waals surface area contributed by atoms with Gasteiger partial charge in [0.05, 0.1) is 12.2 Å².